The molecular weight excluding hydrogens is 388 g/mol. The van der Waals surface area contributed by atoms with Gasteiger partial charge in [0.2, 0.25) is 16.7 Å². The molecule has 0 bridgehead atoms. The van der Waals surface area contributed by atoms with Crippen molar-refractivity contribution in [2.75, 3.05) is 0 Å². The molecule has 1 unspecified atom stereocenters. The number of amides is 2. The fourth-order valence-electron chi connectivity index (χ4n) is 3.59. The van der Waals surface area contributed by atoms with E-state index in [1.165, 1.54) is 23.6 Å². The van der Waals surface area contributed by atoms with Crippen LogP contribution in [0, 0.1) is 0 Å². The Balaban J connectivity index is 1.69. The number of nitrogens with zero attached hydrogens (tertiary/aromatic N) is 1. The first-order chi connectivity index (χ1) is 13.9. The normalized spacial score (nSPS) is 22.8. The van der Waals surface area contributed by atoms with Crippen molar-refractivity contribution in [3.05, 3.63) is 84.1 Å². The third-order valence-corrected chi connectivity index (χ3v) is 6.49. The van der Waals surface area contributed by atoms with E-state index in [1.807, 2.05) is 60.7 Å². The quantitative estimate of drug-likeness (QED) is 0.608. The van der Waals surface area contributed by atoms with Gasteiger partial charge in [-0.3, -0.25) is 14.5 Å². The van der Waals surface area contributed by atoms with E-state index < -0.39 is 22.9 Å². The zero-order valence-electron chi connectivity index (χ0n) is 15.8. The summed E-state index contributed by atoms with van der Waals surface area (Å²) in [6.45, 7) is 5.26. The number of fused-ring (bicyclic) bond motifs is 1. The first kappa shape index (κ1) is 19.3. The molecule has 0 radical (unpaired) electrons. The number of carbonyl (C=O) groups is 3. The summed E-state index contributed by atoms with van der Waals surface area (Å²) in [4.78, 5) is 37.3. The molecule has 148 valence electrons. The van der Waals surface area contributed by atoms with Crippen LogP contribution < -0.4 is 5.32 Å². The first-order valence-electron chi connectivity index (χ1n) is 9.21. The van der Waals surface area contributed by atoms with Crippen molar-refractivity contribution in [2.24, 2.45) is 0 Å². The van der Waals surface area contributed by atoms with Gasteiger partial charge in [-0.2, -0.15) is 0 Å². The number of ether oxygens (including phenoxy) is 1. The van der Waals surface area contributed by atoms with Gasteiger partial charge >= 0.3 is 5.97 Å². The van der Waals surface area contributed by atoms with E-state index in [9.17, 15) is 14.4 Å². The van der Waals surface area contributed by atoms with Crippen LogP contribution in [0.4, 0.5) is 0 Å². The summed E-state index contributed by atoms with van der Waals surface area (Å²) >= 11 is 1.19. The van der Waals surface area contributed by atoms with Crippen molar-refractivity contribution in [1.82, 2.24) is 10.2 Å². The van der Waals surface area contributed by atoms with Gasteiger partial charge in [-0.15, -0.1) is 0 Å². The molecule has 2 aliphatic rings. The number of hydrogen-bond acceptors (Lipinski definition) is 5. The van der Waals surface area contributed by atoms with Crippen molar-refractivity contribution in [2.45, 2.75) is 29.7 Å². The maximum Gasteiger partial charge on any atom is 0.349 e. The van der Waals surface area contributed by atoms with Crippen LogP contribution in [0.15, 0.2) is 72.9 Å². The summed E-state index contributed by atoms with van der Waals surface area (Å²) in [6.07, 6.45) is -0.355. The lowest BCUT2D eigenvalue weighted by molar-refractivity contribution is -0.152. The standard InChI is InChI=1S/C22H20N2O4S/c1-14-22(23-15(2)25,29-19-13-18(26)24(14)19)21(27)28-20(16-9-5-3-6-10-16)17-11-7-4-8-12-17/h3-12,19-20H,1,13H2,2H3,(H,23,25)/t19-,22?/m1/s1. The van der Waals surface area contributed by atoms with Crippen molar-refractivity contribution < 1.29 is 19.1 Å². The zero-order chi connectivity index (χ0) is 20.6. The Kier molecular flexibility index (Phi) is 4.92. The van der Waals surface area contributed by atoms with E-state index in [0.717, 1.165) is 11.1 Å². The van der Waals surface area contributed by atoms with Gasteiger partial charge in [0.05, 0.1) is 17.5 Å². The van der Waals surface area contributed by atoms with Crippen molar-refractivity contribution >= 4 is 29.5 Å². The van der Waals surface area contributed by atoms with E-state index in [0.29, 0.717) is 6.42 Å². The predicted octanol–water partition coefficient (Wildman–Crippen LogP) is 2.97. The lowest BCUT2D eigenvalue weighted by Crippen LogP contribution is -2.54. The average Bonchev–Trinajstić information content (AvgIpc) is 2.93. The third-order valence-electron chi connectivity index (χ3n) is 4.98. The highest BCUT2D eigenvalue weighted by Gasteiger charge is 2.61. The largest absolute Gasteiger partial charge is 0.450 e. The molecule has 2 aromatic rings. The van der Waals surface area contributed by atoms with Gasteiger partial charge in [0, 0.05) is 6.92 Å². The minimum absolute atomic E-state index is 0.116. The van der Waals surface area contributed by atoms with Crippen molar-refractivity contribution in [1.29, 1.82) is 0 Å². The number of nitrogens with one attached hydrogen (secondary N) is 1. The summed E-state index contributed by atoms with van der Waals surface area (Å²) in [7, 11) is 0. The van der Waals surface area contributed by atoms with Crippen LogP contribution >= 0.6 is 11.8 Å². The molecule has 2 saturated heterocycles. The fraction of sp³-hybridized carbons (Fsp3) is 0.227. The van der Waals surface area contributed by atoms with E-state index in [2.05, 4.69) is 11.9 Å². The van der Waals surface area contributed by atoms with Gasteiger partial charge in [-0.1, -0.05) is 79.0 Å². The summed E-state index contributed by atoms with van der Waals surface area (Å²) in [5.74, 6) is -1.17. The van der Waals surface area contributed by atoms with Gasteiger partial charge in [-0.25, -0.2) is 4.79 Å². The van der Waals surface area contributed by atoms with Gasteiger partial charge < -0.3 is 10.1 Å². The summed E-state index contributed by atoms with van der Waals surface area (Å²) in [5.41, 5.74) is 1.85. The molecule has 0 spiro atoms. The molecule has 2 heterocycles. The molecule has 2 amide bonds. The molecule has 1 N–H and O–H groups in total. The molecule has 0 saturated carbocycles. The molecule has 2 aromatic carbocycles. The van der Waals surface area contributed by atoms with Crippen LogP contribution in [0.5, 0.6) is 0 Å². The van der Waals surface area contributed by atoms with Crippen LogP contribution in [0.2, 0.25) is 0 Å². The molecule has 0 aromatic heterocycles. The Hall–Kier alpha value is -3.06. The number of benzene rings is 2. The van der Waals surface area contributed by atoms with Crippen molar-refractivity contribution in [3.8, 4) is 0 Å². The van der Waals surface area contributed by atoms with Crippen LogP contribution in [0.3, 0.4) is 0 Å². The van der Waals surface area contributed by atoms with Crippen LogP contribution in [0.25, 0.3) is 0 Å². The number of carbonyl (C=O) groups excluding carboxylic acids is 3. The Morgan fingerprint density at radius 3 is 2.14 bits per heavy atom. The topological polar surface area (TPSA) is 75.7 Å². The fourth-order valence-corrected chi connectivity index (χ4v) is 5.15. The molecule has 6 nitrogen and oxygen atoms in total. The third kappa shape index (κ3) is 3.31. The molecule has 2 fully saturated rings. The number of hydrogen-bond donors (Lipinski definition) is 1. The van der Waals surface area contributed by atoms with Gasteiger partial charge in [0.25, 0.3) is 0 Å². The molecule has 4 rings (SSSR count). The van der Waals surface area contributed by atoms with E-state index in [1.54, 1.807) is 0 Å². The smallest absolute Gasteiger partial charge is 0.349 e. The molecular formula is C22H20N2O4S. The first-order valence-corrected chi connectivity index (χ1v) is 10.1. The van der Waals surface area contributed by atoms with E-state index >= 15 is 0 Å². The number of rotatable bonds is 5. The Labute approximate surface area is 172 Å². The van der Waals surface area contributed by atoms with Crippen molar-refractivity contribution in [3.63, 3.8) is 0 Å². The Bertz CT molecular complexity index is 939. The van der Waals surface area contributed by atoms with E-state index in [4.69, 9.17) is 4.74 Å². The van der Waals surface area contributed by atoms with Crippen LogP contribution in [-0.4, -0.2) is 32.9 Å². The second kappa shape index (κ2) is 7.40. The van der Waals surface area contributed by atoms with Gasteiger partial charge in [-0.05, 0) is 11.1 Å². The summed E-state index contributed by atoms with van der Waals surface area (Å²) < 4.78 is 5.97. The highest BCUT2D eigenvalue weighted by molar-refractivity contribution is 8.02. The molecule has 29 heavy (non-hydrogen) atoms. The number of β-lactam (4-membered cyclic amide) rings is 1. The zero-order valence-corrected chi connectivity index (χ0v) is 16.6. The highest BCUT2D eigenvalue weighted by Crippen LogP contribution is 2.52. The van der Waals surface area contributed by atoms with Gasteiger partial charge in [0.15, 0.2) is 6.10 Å². The van der Waals surface area contributed by atoms with Gasteiger partial charge in [0.1, 0.15) is 0 Å². The highest BCUT2D eigenvalue weighted by atomic mass is 32.2. The predicted molar refractivity (Wildman–Crippen MR) is 109 cm³/mol. The van der Waals surface area contributed by atoms with Crippen LogP contribution in [0.1, 0.15) is 30.6 Å². The maximum absolute atomic E-state index is 13.4. The molecule has 0 aliphatic carbocycles. The second-order valence-corrected chi connectivity index (χ2v) is 8.35. The monoisotopic (exact) mass is 408 g/mol. The Morgan fingerprint density at radius 1 is 1.14 bits per heavy atom. The van der Waals surface area contributed by atoms with Crippen LogP contribution in [-0.2, 0) is 19.1 Å². The number of thioether (sulfide) groups is 1. The minimum Gasteiger partial charge on any atom is -0.450 e. The van der Waals surface area contributed by atoms with E-state index in [-0.39, 0.29) is 17.0 Å². The molecule has 2 aliphatic heterocycles. The second-order valence-electron chi connectivity index (χ2n) is 6.96. The average molecular weight is 408 g/mol. The summed E-state index contributed by atoms with van der Waals surface area (Å²) in [5, 5.41) is 2.47. The Morgan fingerprint density at radius 2 is 1.69 bits per heavy atom. The number of esters is 1. The SMILES string of the molecule is C=C1N2C(=O)C[C@H]2SC1(NC(C)=O)C(=O)OC(c1ccccc1)c1ccccc1. The molecule has 2 atom stereocenters. The molecule has 7 heteroatoms. The summed E-state index contributed by atoms with van der Waals surface area (Å²) in [6, 6.07) is 18.8. The maximum atomic E-state index is 13.4. The lowest BCUT2D eigenvalue weighted by atomic mass is 10.0. The lowest BCUT2D eigenvalue weighted by Gasteiger charge is -2.33. The minimum atomic E-state index is -1.52.